The van der Waals surface area contributed by atoms with E-state index >= 15 is 0 Å². The van der Waals surface area contributed by atoms with Crippen LogP contribution in [0, 0.1) is 19.7 Å². The number of halogens is 2. The minimum Gasteiger partial charge on any atom is -0.324 e. The highest BCUT2D eigenvalue weighted by Gasteiger charge is 2.18. The Morgan fingerprint density at radius 3 is 2.61 bits per heavy atom. The summed E-state index contributed by atoms with van der Waals surface area (Å²) >= 11 is 7.18. The van der Waals surface area contributed by atoms with Gasteiger partial charge in [0.05, 0.1) is 11.2 Å². The summed E-state index contributed by atoms with van der Waals surface area (Å²) in [6, 6.07) is 10.7. The third kappa shape index (κ3) is 3.92. The van der Waals surface area contributed by atoms with E-state index in [-0.39, 0.29) is 12.2 Å². The predicted octanol–water partition coefficient (Wildman–Crippen LogP) is 4.26. The fraction of sp³-hybridized carbons (Fsp3) is 0.136. The van der Waals surface area contributed by atoms with Gasteiger partial charge in [0.15, 0.2) is 0 Å². The van der Waals surface area contributed by atoms with Gasteiger partial charge >= 0.3 is 5.69 Å². The number of aryl methyl sites for hydroxylation is 2. The van der Waals surface area contributed by atoms with Gasteiger partial charge in [0.2, 0.25) is 5.91 Å². The van der Waals surface area contributed by atoms with E-state index in [9.17, 15) is 18.8 Å². The summed E-state index contributed by atoms with van der Waals surface area (Å²) in [6.07, 6.45) is 0. The first-order valence-corrected chi connectivity index (χ1v) is 10.6. The number of nitrogens with zero attached hydrogens (tertiary/aromatic N) is 2. The van der Waals surface area contributed by atoms with Crippen molar-refractivity contribution < 1.29 is 9.18 Å². The highest BCUT2D eigenvalue weighted by Crippen LogP contribution is 2.21. The Balaban J connectivity index is 1.81. The van der Waals surface area contributed by atoms with Crippen LogP contribution in [0.3, 0.4) is 0 Å². The summed E-state index contributed by atoms with van der Waals surface area (Å²) in [6.45, 7) is 3.07. The van der Waals surface area contributed by atoms with Crippen LogP contribution in [0.2, 0.25) is 5.02 Å². The maximum absolute atomic E-state index is 13.7. The molecule has 0 unspecified atom stereocenters. The third-order valence-corrected chi connectivity index (χ3v) is 6.06. The lowest BCUT2D eigenvalue weighted by atomic mass is 10.2. The Morgan fingerprint density at radius 1 is 1.10 bits per heavy atom. The van der Waals surface area contributed by atoms with E-state index in [1.54, 1.807) is 36.6 Å². The van der Waals surface area contributed by atoms with Crippen LogP contribution in [0.1, 0.15) is 11.1 Å². The third-order valence-electron chi connectivity index (χ3n) is 4.93. The van der Waals surface area contributed by atoms with Gasteiger partial charge in [0, 0.05) is 10.7 Å². The monoisotopic (exact) mass is 457 g/mol. The molecule has 4 aromatic rings. The number of rotatable bonds is 4. The molecule has 1 amide bonds. The van der Waals surface area contributed by atoms with Crippen LogP contribution in [0.5, 0.6) is 0 Å². The number of hydrogen-bond acceptors (Lipinski definition) is 4. The molecule has 2 heterocycles. The number of anilines is 1. The van der Waals surface area contributed by atoms with Crippen molar-refractivity contribution in [2.24, 2.45) is 0 Å². The Hall–Kier alpha value is -3.23. The Kier molecular flexibility index (Phi) is 5.51. The lowest BCUT2D eigenvalue weighted by molar-refractivity contribution is -0.116. The first-order chi connectivity index (χ1) is 14.8. The Bertz CT molecular complexity index is 1450. The smallest absolute Gasteiger partial charge is 0.324 e. The molecule has 0 radical (unpaired) electrons. The van der Waals surface area contributed by atoms with Crippen LogP contribution in [0.15, 0.2) is 57.4 Å². The highest BCUT2D eigenvalue weighted by molar-refractivity contribution is 7.17. The molecule has 0 saturated heterocycles. The number of hydrogen-bond donors (Lipinski definition) is 1. The minimum absolute atomic E-state index is 0.240. The largest absolute Gasteiger partial charge is 0.336 e. The molecule has 1 N–H and O–H groups in total. The molecule has 158 valence electrons. The van der Waals surface area contributed by atoms with E-state index < -0.39 is 23.0 Å². The van der Waals surface area contributed by atoms with Gasteiger partial charge in [-0.3, -0.25) is 14.2 Å². The van der Waals surface area contributed by atoms with Crippen molar-refractivity contribution in [1.29, 1.82) is 0 Å². The van der Waals surface area contributed by atoms with E-state index in [1.807, 2.05) is 6.92 Å². The van der Waals surface area contributed by atoms with Crippen molar-refractivity contribution in [1.82, 2.24) is 9.13 Å². The first-order valence-electron chi connectivity index (χ1n) is 9.32. The summed E-state index contributed by atoms with van der Waals surface area (Å²) in [7, 11) is 0. The average Bonchev–Trinajstić information content (AvgIpc) is 3.21. The number of benzene rings is 2. The number of thiophene rings is 1. The van der Waals surface area contributed by atoms with Gasteiger partial charge in [-0.05, 0) is 66.8 Å². The number of carbonyl (C=O) groups is 1. The Labute approximate surface area is 185 Å². The van der Waals surface area contributed by atoms with Crippen molar-refractivity contribution in [2.45, 2.75) is 20.4 Å². The van der Waals surface area contributed by atoms with Crippen LogP contribution in [-0.2, 0) is 11.3 Å². The van der Waals surface area contributed by atoms with Crippen molar-refractivity contribution in [3.05, 3.63) is 90.6 Å². The fourth-order valence-corrected chi connectivity index (χ4v) is 4.29. The molecule has 0 aliphatic heterocycles. The number of nitrogens with one attached hydrogen (secondary N) is 1. The second-order valence-corrected chi connectivity index (χ2v) is 8.44. The normalized spacial score (nSPS) is 11.1. The van der Waals surface area contributed by atoms with E-state index in [0.717, 1.165) is 10.1 Å². The SMILES string of the molecule is Cc1cc(-n2c(=O)c3sccc3n(CC(=O)Nc3cc(Cl)ccc3C)c2=O)ccc1F. The van der Waals surface area contributed by atoms with Crippen LogP contribution >= 0.6 is 22.9 Å². The first kappa shape index (κ1) is 21.0. The Morgan fingerprint density at radius 2 is 1.87 bits per heavy atom. The van der Waals surface area contributed by atoms with Crippen LogP contribution in [-0.4, -0.2) is 15.0 Å². The summed E-state index contributed by atoms with van der Waals surface area (Å²) < 4.78 is 16.2. The molecular weight excluding hydrogens is 441 g/mol. The summed E-state index contributed by atoms with van der Waals surface area (Å²) in [4.78, 5) is 39.0. The predicted molar refractivity (Wildman–Crippen MR) is 121 cm³/mol. The quantitative estimate of drug-likeness (QED) is 0.497. The maximum atomic E-state index is 13.7. The molecule has 0 bridgehead atoms. The lowest BCUT2D eigenvalue weighted by Crippen LogP contribution is -2.40. The lowest BCUT2D eigenvalue weighted by Gasteiger charge is -2.14. The number of fused-ring (bicyclic) bond motifs is 1. The van der Waals surface area contributed by atoms with E-state index in [2.05, 4.69) is 5.32 Å². The topological polar surface area (TPSA) is 73.1 Å². The number of carbonyl (C=O) groups excluding carboxylic acids is 1. The molecule has 0 atom stereocenters. The zero-order valence-corrected chi connectivity index (χ0v) is 18.2. The standard InChI is InChI=1S/C22H17ClFN3O3S/c1-12-3-4-14(23)10-17(12)25-19(28)11-26-18-7-8-31-20(18)21(29)27(22(26)30)15-5-6-16(24)13(2)9-15/h3-10H,11H2,1-2H3,(H,25,28). The van der Waals surface area contributed by atoms with Gasteiger partial charge in [0.25, 0.3) is 5.56 Å². The van der Waals surface area contributed by atoms with Gasteiger partial charge in [-0.1, -0.05) is 17.7 Å². The summed E-state index contributed by atoms with van der Waals surface area (Å²) in [5.41, 5.74) is 1.07. The molecule has 31 heavy (non-hydrogen) atoms. The van der Waals surface area contributed by atoms with Gasteiger partial charge in [-0.15, -0.1) is 11.3 Å². The molecule has 6 nitrogen and oxygen atoms in total. The van der Waals surface area contributed by atoms with Gasteiger partial charge in [-0.2, -0.15) is 0 Å². The zero-order valence-electron chi connectivity index (χ0n) is 16.6. The molecule has 2 aromatic heterocycles. The molecule has 0 spiro atoms. The minimum atomic E-state index is -0.681. The highest BCUT2D eigenvalue weighted by atomic mass is 35.5. The van der Waals surface area contributed by atoms with E-state index in [0.29, 0.717) is 26.5 Å². The van der Waals surface area contributed by atoms with E-state index in [1.165, 1.54) is 34.1 Å². The van der Waals surface area contributed by atoms with Crippen molar-refractivity contribution in [3.63, 3.8) is 0 Å². The van der Waals surface area contributed by atoms with Crippen LogP contribution < -0.4 is 16.6 Å². The van der Waals surface area contributed by atoms with Gasteiger partial charge in [0.1, 0.15) is 17.1 Å². The van der Waals surface area contributed by atoms with E-state index in [4.69, 9.17) is 11.6 Å². The second-order valence-electron chi connectivity index (χ2n) is 7.09. The number of amides is 1. The zero-order chi connectivity index (χ0) is 22.3. The summed E-state index contributed by atoms with van der Waals surface area (Å²) in [5, 5.41) is 4.91. The van der Waals surface area contributed by atoms with Gasteiger partial charge in [-0.25, -0.2) is 13.8 Å². The average molecular weight is 458 g/mol. The molecular formula is C22H17ClFN3O3S. The second kappa shape index (κ2) is 8.13. The molecule has 0 saturated carbocycles. The maximum Gasteiger partial charge on any atom is 0.336 e. The number of aromatic nitrogens is 2. The molecule has 0 aliphatic rings. The molecule has 9 heteroatoms. The van der Waals surface area contributed by atoms with Crippen molar-refractivity contribution in [3.8, 4) is 5.69 Å². The van der Waals surface area contributed by atoms with Crippen molar-refractivity contribution in [2.75, 3.05) is 5.32 Å². The van der Waals surface area contributed by atoms with Crippen molar-refractivity contribution >= 4 is 44.7 Å². The van der Waals surface area contributed by atoms with Crippen LogP contribution in [0.4, 0.5) is 10.1 Å². The molecule has 0 fully saturated rings. The molecule has 0 aliphatic carbocycles. The summed E-state index contributed by atoms with van der Waals surface area (Å²) in [5.74, 6) is -0.883. The molecule has 2 aromatic carbocycles. The fourth-order valence-electron chi connectivity index (χ4n) is 3.30. The molecule has 4 rings (SSSR count). The van der Waals surface area contributed by atoms with Gasteiger partial charge < -0.3 is 5.32 Å². The van der Waals surface area contributed by atoms with Crippen LogP contribution in [0.25, 0.3) is 15.9 Å².